The van der Waals surface area contributed by atoms with Gasteiger partial charge in [0.25, 0.3) is 10.0 Å². The first-order valence-electron chi connectivity index (χ1n) is 10.8. The molecule has 0 saturated carbocycles. The molecule has 0 aliphatic carbocycles. The molecule has 4 aromatic rings. The van der Waals surface area contributed by atoms with Crippen molar-refractivity contribution in [2.45, 2.75) is 18.4 Å². The summed E-state index contributed by atoms with van der Waals surface area (Å²) in [6.07, 6.45) is 0. The highest BCUT2D eigenvalue weighted by Crippen LogP contribution is 2.35. The summed E-state index contributed by atoms with van der Waals surface area (Å²) in [4.78, 5) is 4.73. The number of oxazole rings is 1. The monoisotopic (exact) mass is 494 g/mol. The molecule has 9 heteroatoms. The minimum absolute atomic E-state index is 0.0553. The van der Waals surface area contributed by atoms with Crippen molar-refractivity contribution in [2.24, 2.45) is 0 Å². The number of rotatable bonds is 9. The topological polar surface area (TPSA) is 91.1 Å². The number of hydrogen-bond donors (Lipinski definition) is 0. The van der Waals surface area contributed by atoms with E-state index < -0.39 is 10.0 Å². The van der Waals surface area contributed by atoms with Crippen LogP contribution >= 0.6 is 0 Å². The quantitative estimate of drug-likeness (QED) is 0.321. The molecular formula is C26H26N2O6S. The molecule has 8 nitrogen and oxygen atoms in total. The van der Waals surface area contributed by atoms with Crippen LogP contribution in [0.5, 0.6) is 17.2 Å². The molecule has 1 heterocycles. The van der Waals surface area contributed by atoms with E-state index in [2.05, 4.69) is 4.98 Å². The largest absolute Gasteiger partial charge is 0.497 e. The standard InChI is InChI=1S/C26H26N2O6S/c1-18-23(27-26(34-18)19-9-11-20(31-2)12-10-19)17-28(24-7-5-6-8-25(24)33-4)35(29,30)22-15-13-21(32-3)14-16-22/h5-16H,17H2,1-4H3. The van der Waals surface area contributed by atoms with Crippen molar-refractivity contribution in [1.29, 1.82) is 0 Å². The maximum atomic E-state index is 13.8. The third kappa shape index (κ3) is 4.95. The molecule has 0 aliphatic heterocycles. The lowest BCUT2D eigenvalue weighted by Gasteiger charge is -2.25. The number of para-hydroxylation sites is 2. The molecule has 0 amide bonds. The van der Waals surface area contributed by atoms with Gasteiger partial charge in [0, 0.05) is 5.56 Å². The van der Waals surface area contributed by atoms with Crippen molar-refractivity contribution in [2.75, 3.05) is 25.6 Å². The highest BCUT2D eigenvalue weighted by atomic mass is 32.2. The molecule has 0 spiro atoms. The van der Waals surface area contributed by atoms with Crippen LogP contribution in [-0.2, 0) is 16.6 Å². The molecule has 0 N–H and O–H groups in total. The second-order valence-corrected chi connectivity index (χ2v) is 9.47. The molecule has 0 unspecified atom stereocenters. The Labute approximate surface area is 204 Å². The molecule has 0 aliphatic rings. The van der Waals surface area contributed by atoms with Crippen molar-refractivity contribution in [3.63, 3.8) is 0 Å². The molecule has 3 aromatic carbocycles. The van der Waals surface area contributed by atoms with Gasteiger partial charge in [-0.05, 0) is 67.6 Å². The summed E-state index contributed by atoms with van der Waals surface area (Å²) in [5.74, 6) is 2.60. The van der Waals surface area contributed by atoms with Gasteiger partial charge >= 0.3 is 0 Å². The highest BCUT2D eigenvalue weighted by molar-refractivity contribution is 7.92. The van der Waals surface area contributed by atoms with Crippen LogP contribution in [0.15, 0.2) is 82.1 Å². The van der Waals surface area contributed by atoms with Gasteiger partial charge < -0.3 is 18.6 Å². The summed E-state index contributed by atoms with van der Waals surface area (Å²) in [6, 6.07) is 20.5. The third-order valence-corrected chi connectivity index (χ3v) is 7.30. The van der Waals surface area contributed by atoms with Crippen LogP contribution in [0.4, 0.5) is 5.69 Å². The molecule has 182 valence electrons. The van der Waals surface area contributed by atoms with Gasteiger partial charge in [-0.1, -0.05) is 12.1 Å². The lowest BCUT2D eigenvalue weighted by atomic mass is 10.2. The normalized spacial score (nSPS) is 11.2. The van der Waals surface area contributed by atoms with E-state index >= 15 is 0 Å². The van der Waals surface area contributed by atoms with Crippen molar-refractivity contribution >= 4 is 15.7 Å². The van der Waals surface area contributed by atoms with E-state index in [0.29, 0.717) is 40.3 Å². The maximum Gasteiger partial charge on any atom is 0.264 e. The van der Waals surface area contributed by atoms with Gasteiger partial charge in [-0.3, -0.25) is 4.31 Å². The maximum absolute atomic E-state index is 13.8. The SMILES string of the molecule is COc1ccc(-c2nc(CN(c3ccccc3OC)S(=O)(=O)c3ccc(OC)cc3)c(C)o2)cc1. The molecule has 0 radical (unpaired) electrons. The van der Waals surface area contributed by atoms with E-state index in [9.17, 15) is 8.42 Å². The van der Waals surface area contributed by atoms with Gasteiger partial charge in [-0.25, -0.2) is 13.4 Å². The number of anilines is 1. The predicted molar refractivity (Wildman–Crippen MR) is 133 cm³/mol. The molecule has 0 atom stereocenters. The van der Waals surface area contributed by atoms with Gasteiger partial charge in [0.1, 0.15) is 28.7 Å². The summed E-state index contributed by atoms with van der Waals surface area (Å²) in [5.41, 5.74) is 1.63. The lowest BCUT2D eigenvalue weighted by molar-refractivity contribution is 0.414. The summed E-state index contributed by atoms with van der Waals surface area (Å²) < 4.78 is 50.7. The number of sulfonamides is 1. The molecule has 35 heavy (non-hydrogen) atoms. The van der Waals surface area contributed by atoms with E-state index in [0.717, 1.165) is 5.56 Å². The van der Waals surface area contributed by atoms with Crippen LogP contribution in [0.25, 0.3) is 11.5 Å². The molecule has 4 rings (SSSR count). The van der Waals surface area contributed by atoms with Gasteiger partial charge in [-0.15, -0.1) is 0 Å². The number of nitrogens with zero attached hydrogens (tertiary/aromatic N) is 2. The first kappa shape index (κ1) is 24.2. The first-order valence-corrected chi connectivity index (χ1v) is 12.2. The second-order valence-electron chi connectivity index (χ2n) is 7.61. The summed E-state index contributed by atoms with van der Waals surface area (Å²) in [6.45, 7) is 1.70. The van der Waals surface area contributed by atoms with Crippen molar-refractivity contribution in [3.8, 4) is 28.7 Å². The Morgan fingerprint density at radius 2 is 1.43 bits per heavy atom. The Morgan fingerprint density at radius 3 is 2.03 bits per heavy atom. The van der Waals surface area contributed by atoms with Crippen LogP contribution in [0.1, 0.15) is 11.5 Å². The van der Waals surface area contributed by atoms with Gasteiger partial charge in [0.15, 0.2) is 0 Å². The smallest absolute Gasteiger partial charge is 0.264 e. The van der Waals surface area contributed by atoms with Crippen molar-refractivity contribution in [3.05, 3.63) is 84.3 Å². The third-order valence-electron chi connectivity index (χ3n) is 5.52. The van der Waals surface area contributed by atoms with Crippen molar-refractivity contribution < 1.29 is 27.0 Å². The van der Waals surface area contributed by atoms with E-state index in [1.165, 1.54) is 30.7 Å². The number of benzene rings is 3. The number of ether oxygens (including phenoxy) is 3. The fourth-order valence-corrected chi connectivity index (χ4v) is 5.01. The van der Waals surface area contributed by atoms with Gasteiger partial charge in [-0.2, -0.15) is 0 Å². The lowest BCUT2D eigenvalue weighted by Crippen LogP contribution is -2.31. The van der Waals surface area contributed by atoms with Crippen LogP contribution in [0.3, 0.4) is 0 Å². The summed E-state index contributed by atoms with van der Waals surface area (Å²) in [7, 11) is 0.630. The minimum atomic E-state index is -3.99. The zero-order chi connectivity index (χ0) is 25.0. The average molecular weight is 495 g/mol. The summed E-state index contributed by atoms with van der Waals surface area (Å²) in [5, 5.41) is 0. The van der Waals surface area contributed by atoms with Gasteiger partial charge in [0.05, 0.1) is 38.5 Å². The van der Waals surface area contributed by atoms with E-state index in [-0.39, 0.29) is 11.4 Å². The molecule has 0 saturated heterocycles. The van der Waals surface area contributed by atoms with Crippen LogP contribution < -0.4 is 18.5 Å². The molecular weight excluding hydrogens is 468 g/mol. The Balaban J connectivity index is 1.77. The second kappa shape index (κ2) is 10.1. The molecule has 0 fully saturated rings. The van der Waals surface area contributed by atoms with E-state index in [1.54, 1.807) is 50.4 Å². The Hall–Kier alpha value is -3.98. The fraction of sp³-hybridized carbons (Fsp3) is 0.192. The Bertz CT molecular complexity index is 1400. The number of hydrogen-bond acceptors (Lipinski definition) is 7. The predicted octanol–water partition coefficient (Wildman–Crippen LogP) is 5.07. The average Bonchev–Trinajstić information content (AvgIpc) is 3.27. The zero-order valence-corrected chi connectivity index (χ0v) is 20.7. The Kier molecular flexibility index (Phi) is 6.97. The van der Waals surface area contributed by atoms with Crippen molar-refractivity contribution in [1.82, 2.24) is 4.98 Å². The first-order chi connectivity index (χ1) is 16.9. The van der Waals surface area contributed by atoms with Crippen LogP contribution in [-0.4, -0.2) is 34.7 Å². The van der Waals surface area contributed by atoms with Crippen LogP contribution in [0, 0.1) is 6.92 Å². The minimum Gasteiger partial charge on any atom is -0.497 e. The van der Waals surface area contributed by atoms with Gasteiger partial charge in [0.2, 0.25) is 5.89 Å². The van der Waals surface area contributed by atoms with E-state index in [4.69, 9.17) is 18.6 Å². The fourth-order valence-electron chi connectivity index (χ4n) is 3.58. The van der Waals surface area contributed by atoms with E-state index in [1.807, 2.05) is 24.3 Å². The molecule has 1 aromatic heterocycles. The number of aromatic nitrogens is 1. The molecule has 0 bridgehead atoms. The highest BCUT2D eigenvalue weighted by Gasteiger charge is 2.29. The van der Waals surface area contributed by atoms with Crippen LogP contribution in [0.2, 0.25) is 0 Å². The number of aryl methyl sites for hydroxylation is 1. The zero-order valence-electron chi connectivity index (χ0n) is 19.9. The Morgan fingerprint density at radius 1 is 0.829 bits per heavy atom. The number of methoxy groups -OCH3 is 3. The summed E-state index contributed by atoms with van der Waals surface area (Å²) >= 11 is 0.